The van der Waals surface area contributed by atoms with Gasteiger partial charge in [-0.05, 0) is 0 Å². The SMILES string of the molecule is ICI.c1ccccc1. The van der Waals surface area contributed by atoms with E-state index >= 15 is 0 Å². The third-order valence-corrected chi connectivity index (χ3v) is 0.667. The van der Waals surface area contributed by atoms with Gasteiger partial charge < -0.3 is 0 Å². The van der Waals surface area contributed by atoms with Crippen LogP contribution in [0.1, 0.15) is 0 Å². The fraction of sp³-hybridized carbons (Fsp3) is 0.143. The van der Waals surface area contributed by atoms with Gasteiger partial charge in [-0.2, -0.15) is 0 Å². The van der Waals surface area contributed by atoms with Crippen LogP contribution in [0.3, 0.4) is 0 Å². The number of hydrogen-bond donors (Lipinski definition) is 0. The Labute approximate surface area is 83.3 Å². The van der Waals surface area contributed by atoms with Gasteiger partial charge in [-0.1, -0.05) is 81.6 Å². The van der Waals surface area contributed by atoms with Gasteiger partial charge in [0.2, 0.25) is 0 Å². The number of benzene rings is 1. The van der Waals surface area contributed by atoms with Crippen LogP contribution >= 0.6 is 45.2 Å². The number of alkyl halides is 2. The lowest BCUT2D eigenvalue weighted by molar-refractivity contribution is 1.72. The molecule has 2 heteroatoms. The van der Waals surface area contributed by atoms with Crippen molar-refractivity contribution in [2.75, 3.05) is 2.43 Å². The van der Waals surface area contributed by atoms with Crippen molar-refractivity contribution in [3.8, 4) is 0 Å². The first kappa shape index (κ1) is 9.68. The van der Waals surface area contributed by atoms with Crippen molar-refractivity contribution in [3.63, 3.8) is 0 Å². The predicted octanol–water partition coefficient (Wildman–Crippen LogP) is 3.50. The average Bonchev–Trinajstić information content (AvgIpc) is 1.93. The van der Waals surface area contributed by atoms with Gasteiger partial charge in [0.05, 0.1) is 2.43 Å². The Balaban J connectivity index is 0.000000187. The summed E-state index contributed by atoms with van der Waals surface area (Å²) in [6, 6.07) is 12.0. The van der Waals surface area contributed by atoms with E-state index in [1.807, 2.05) is 36.4 Å². The molecule has 0 fully saturated rings. The summed E-state index contributed by atoms with van der Waals surface area (Å²) in [4.78, 5) is 0. The molecule has 9 heavy (non-hydrogen) atoms. The molecule has 1 aromatic rings. The van der Waals surface area contributed by atoms with Crippen molar-refractivity contribution in [1.82, 2.24) is 0 Å². The van der Waals surface area contributed by atoms with Crippen LogP contribution in [0.5, 0.6) is 0 Å². The quantitative estimate of drug-likeness (QED) is 0.498. The number of hydrogen-bond acceptors (Lipinski definition) is 0. The second-order valence-electron chi connectivity index (χ2n) is 1.26. The maximum Gasteiger partial charge on any atom is 0.0516 e. The Morgan fingerprint density at radius 3 is 0.889 bits per heavy atom. The summed E-state index contributed by atoms with van der Waals surface area (Å²) < 4.78 is 1.19. The van der Waals surface area contributed by atoms with Crippen LogP contribution in [0.4, 0.5) is 0 Å². The predicted molar refractivity (Wildman–Crippen MR) is 59.3 cm³/mol. The molecule has 0 nitrogen and oxygen atoms in total. The number of rotatable bonds is 0. The fourth-order valence-corrected chi connectivity index (χ4v) is 0.385. The van der Waals surface area contributed by atoms with Crippen LogP contribution in [-0.4, -0.2) is 2.43 Å². The summed E-state index contributed by atoms with van der Waals surface area (Å²) in [6.07, 6.45) is 0. The first-order chi connectivity index (χ1) is 4.41. The molecule has 0 unspecified atom stereocenters. The third-order valence-electron chi connectivity index (χ3n) is 0.667. The average molecular weight is 346 g/mol. The molecule has 0 amide bonds. The van der Waals surface area contributed by atoms with Gasteiger partial charge in [0.15, 0.2) is 0 Å². The summed E-state index contributed by atoms with van der Waals surface area (Å²) >= 11 is 4.55. The van der Waals surface area contributed by atoms with E-state index in [9.17, 15) is 0 Å². The molecule has 0 saturated heterocycles. The van der Waals surface area contributed by atoms with Crippen LogP contribution in [0.25, 0.3) is 0 Å². The van der Waals surface area contributed by atoms with E-state index in [2.05, 4.69) is 45.2 Å². The highest BCUT2D eigenvalue weighted by molar-refractivity contribution is 14.2. The van der Waals surface area contributed by atoms with E-state index < -0.39 is 0 Å². The van der Waals surface area contributed by atoms with E-state index in [1.165, 1.54) is 2.43 Å². The maximum atomic E-state index is 2.28. The van der Waals surface area contributed by atoms with E-state index in [0.29, 0.717) is 0 Å². The van der Waals surface area contributed by atoms with E-state index in [0.717, 1.165) is 0 Å². The van der Waals surface area contributed by atoms with Gasteiger partial charge >= 0.3 is 0 Å². The molecule has 0 N–H and O–H groups in total. The van der Waals surface area contributed by atoms with Crippen LogP contribution in [-0.2, 0) is 0 Å². The highest BCUT2D eigenvalue weighted by atomic mass is 127. The lowest BCUT2D eigenvalue weighted by Crippen LogP contribution is -1.47. The first-order valence-electron chi connectivity index (χ1n) is 2.53. The van der Waals surface area contributed by atoms with Crippen molar-refractivity contribution in [3.05, 3.63) is 36.4 Å². The van der Waals surface area contributed by atoms with Gasteiger partial charge in [-0.3, -0.25) is 0 Å². The molecule has 0 saturated carbocycles. The summed E-state index contributed by atoms with van der Waals surface area (Å²) in [5.74, 6) is 0. The van der Waals surface area contributed by atoms with Crippen LogP contribution in [0.15, 0.2) is 36.4 Å². The Morgan fingerprint density at radius 2 is 0.778 bits per heavy atom. The zero-order valence-electron chi connectivity index (χ0n) is 4.93. The van der Waals surface area contributed by atoms with Crippen molar-refractivity contribution >= 4 is 45.2 Å². The van der Waals surface area contributed by atoms with Crippen molar-refractivity contribution < 1.29 is 0 Å². The van der Waals surface area contributed by atoms with Crippen molar-refractivity contribution in [2.24, 2.45) is 0 Å². The molecular formula is C7H8I2. The van der Waals surface area contributed by atoms with Gasteiger partial charge in [-0.25, -0.2) is 0 Å². The zero-order valence-corrected chi connectivity index (χ0v) is 9.24. The molecular weight excluding hydrogens is 338 g/mol. The fourth-order valence-electron chi connectivity index (χ4n) is 0.385. The molecule has 0 spiro atoms. The maximum absolute atomic E-state index is 2.28. The molecule has 0 radical (unpaired) electrons. The largest absolute Gasteiger partial charge is 0.0748 e. The molecule has 0 heterocycles. The van der Waals surface area contributed by atoms with Gasteiger partial charge in [0, 0.05) is 0 Å². The third kappa shape index (κ3) is 8.68. The molecule has 50 valence electrons. The Kier molecular flexibility index (Phi) is 9.34. The highest BCUT2D eigenvalue weighted by Crippen LogP contribution is 1.86. The molecule has 1 aromatic carbocycles. The molecule has 0 aliphatic carbocycles. The summed E-state index contributed by atoms with van der Waals surface area (Å²) in [5.41, 5.74) is 0. The Morgan fingerprint density at radius 1 is 0.667 bits per heavy atom. The van der Waals surface area contributed by atoms with Crippen LogP contribution < -0.4 is 0 Å². The topological polar surface area (TPSA) is 0 Å². The minimum Gasteiger partial charge on any atom is -0.0748 e. The van der Waals surface area contributed by atoms with E-state index in [-0.39, 0.29) is 0 Å². The van der Waals surface area contributed by atoms with Gasteiger partial charge in [0.25, 0.3) is 0 Å². The van der Waals surface area contributed by atoms with Crippen LogP contribution in [0.2, 0.25) is 0 Å². The second kappa shape index (κ2) is 8.68. The minimum atomic E-state index is 1.19. The lowest BCUT2D eigenvalue weighted by atomic mass is 10.4. The lowest BCUT2D eigenvalue weighted by Gasteiger charge is -1.69. The standard InChI is InChI=1S/C6H6.CH2I2/c1-2-4-6-5-3-1;2-1-3/h1-6H;1H2. The van der Waals surface area contributed by atoms with Crippen molar-refractivity contribution in [2.45, 2.75) is 0 Å². The van der Waals surface area contributed by atoms with Gasteiger partial charge in [0.1, 0.15) is 0 Å². The normalized spacial score (nSPS) is 7.33. The van der Waals surface area contributed by atoms with E-state index in [1.54, 1.807) is 0 Å². The molecule has 0 atom stereocenters. The van der Waals surface area contributed by atoms with Crippen LogP contribution in [0, 0.1) is 0 Å². The molecule has 0 aliphatic heterocycles. The summed E-state index contributed by atoms with van der Waals surface area (Å²) in [7, 11) is 0. The number of halogens is 2. The Bertz CT molecular complexity index is 89.8. The van der Waals surface area contributed by atoms with Crippen molar-refractivity contribution in [1.29, 1.82) is 0 Å². The summed E-state index contributed by atoms with van der Waals surface area (Å²) in [5, 5.41) is 0. The first-order valence-corrected chi connectivity index (χ1v) is 5.59. The second-order valence-corrected chi connectivity index (χ2v) is 5.70. The molecule has 0 aliphatic rings. The van der Waals surface area contributed by atoms with E-state index in [4.69, 9.17) is 0 Å². The summed E-state index contributed by atoms with van der Waals surface area (Å²) in [6.45, 7) is 0. The highest BCUT2D eigenvalue weighted by Gasteiger charge is 1.57. The van der Waals surface area contributed by atoms with Gasteiger partial charge in [-0.15, -0.1) is 0 Å². The minimum absolute atomic E-state index is 1.19. The molecule has 1 rings (SSSR count). The smallest absolute Gasteiger partial charge is 0.0516 e. The zero-order chi connectivity index (χ0) is 6.95. The molecule has 0 bridgehead atoms. The molecule has 0 aromatic heterocycles. The Hall–Kier alpha value is 0.680. The monoisotopic (exact) mass is 346 g/mol.